The van der Waals surface area contributed by atoms with Gasteiger partial charge in [0.1, 0.15) is 34.8 Å². The molecule has 1 amide bonds. The largest absolute Gasteiger partial charge is 0.396 e. The van der Waals surface area contributed by atoms with E-state index in [1.165, 1.54) is 11.2 Å². The Labute approximate surface area is 338 Å². The summed E-state index contributed by atoms with van der Waals surface area (Å²) in [5, 5.41) is 13.1. The number of hydrogen-bond acceptors (Lipinski definition) is 11. The van der Waals surface area contributed by atoms with Crippen LogP contribution in [0.15, 0.2) is 95.4 Å². The van der Waals surface area contributed by atoms with Gasteiger partial charge in [-0.25, -0.2) is 27.6 Å². The van der Waals surface area contributed by atoms with Crippen LogP contribution in [0, 0.1) is 0 Å². The number of aromatic nitrogens is 8. The Morgan fingerprint density at radius 2 is 1.46 bits per heavy atom. The van der Waals surface area contributed by atoms with E-state index in [9.17, 15) is 27.5 Å². The maximum absolute atomic E-state index is 13.1. The third-order valence-electron chi connectivity index (χ3n) is 10.3. The van der Waals surface area contributed by atoms with Crippen molar-refractivity contribution < 1.29 is 27.5 Å². The molecule has 0 spiro atoms. The molecule has 0 radical (unpaired) electrons. The molecule has 2 aliphatic rings. The first-order valence-corrected chi connectivity index (χ1v) is 21.5. The number of aryl methyl sites for hydroxylation is 2. The quantitative estimate of drug-likeness (QED) is 0.115. The van der Waals surface area contributed by atoms with Gasteiger partial charge in [-0.1, -0.05) is 29.4 Å². The van der Waals surface area contributed by atoms with Crippen LogP contribution in [0.5, 0.6) is 0 Å². The second-order valence-corrected chi connectivity index (χ2v) is 16.7. The number of sulfone groups is 1. The Morgan fingerprint density at radius 3 is 2.12 bits per heavy atom. The van der Waals surface area contributed by atoms with Crippen molar-refractivity contribution in [3.63, 3.8) is 0 Å². The van der Waals surface area contributed by atoms with E-state index in [1.54, 1.807) is 35.4 Å². The molecule has 0 atom stereocenters. The zero-order chi connectivity index (χ0) is 41.1. The monoisotopic (exact) mass is 822 g/mol. The number of carbonyl (C=O) groups is 1. The van der Waals surface area contributed by atoms with Crippen LogP contribution in [-0.4, -0.2) is 95.2 Å². The van der Waals surface area contributed by atoms with E-state index >= 15 is 0 Å². The molecule has 5 aromatic heterocycles. The number of aliphatic hydroxyl groups is 1. The molecule has 16 nitrogen and oxygen atoms in total. The molecule has 306 valence electrons. The highest BCUT2D eigenvalue weighted by Crippen LogP contribution is 2.36. The number of amides is 1. The summed E-state index contributed by atoms with van der Waals surface area (Å²) in [5.41, 5.74) is 6.50. The predicted molar refractivity (Wildman–Crippen MR) is 221 cm³/mol. The summed E-state index contributed by atoms with van der Waals surface area (Å²) in [6, 6.07) is 19.4. The topological polar surface area (TPSA) is 185 Å². The van der Waals surface area contributed by atoms with Gasteiger partial charge in [0.15, 0.2) is 5.71 Å². The van der Waals surface area contributed by atoms with E-state index in [0.29, 0.717) is 55.6 Å². The molecule has 18 heteroatoms. The Hall–Kier alpha value is -6.27. The summed E-state index contributed by atoms with van der Waals surface area (Å²) in [6.07, 6.45) is 11.0. The van der Waals surface area contributed by atoms with Gasteiger partial charge < -0.3 is 19.1 Å². The molecule has 0 saturated heterocycles. The number of imidazole rings is 3. The summed E-state index contributed by atoms with van der Waals surface area (Å²) < 4.78 is 43.3. The van der Waals surface area contributed by atoms with Gasteiger partial charge in [0.25, 0.3) is 5.91 Å². The van der Waals surface area contributed by atoms with E-state index in [4.69, 9.17) is 9.82 Å². The van der Waals surface area contributed by atoms with Crippen molar-refractivity contribution in [2.45, 2.75) is 57.9 Å². The smallest absolute Gasteiger partial charge is 0.329 e. The van der Waals surface area contributed by atoms with Crippen LogP contribution in [0.25, 0.3) is 33.1 Å². The molecular formula is C41H43FN10O6S. The molecule has 0 bridgehead atoms. The van der Waals surface area contributed by atoms with E-state index in [2.05, 4.69) is 24.7 Å². The number of nitrogens with zero attached hydrogens (tertiary/aromatic N) is 10. The number of alkyl halides is 1. The minimum absolute atomic E-state index is 0.00117. The fourth-order valence-corrected chi connectivity index (χ4v) is 8.15. The Bertz CT molecular complexity index is 2860. The van der Waals surface area contributed by atoms with Crippen molar-refractivity contribution in [1.29, 1.82) is 0 Å². The van der Waals surface area contributed by atoms with Crippen LogP contribution >= 0.6 is 0 Å². The molecule has 1 fully saturated rings. The van der Waals surface area contributed by atoms with Crippen LogP contribution in [0.2, 0.25) is 0 Å². The summed E-state index contributed by atoms with van der Waals surface area (Å²) >= 11 is 0. The lowest BCUT2D eigenvalue weighted by Crippen LogP contribution is -2.31. The van der Waals surface area contributed by atoms with Crippen molar-refractivity contribution in [2.75, 3.05) is 36.8 Å². The summed E-state index contributed by atoms with van der Waals surface area (Å²) in [7, 11) is -3.10. The van der Waals surface area contributed by atoms with Crippen molar-refractivity contribution in [1.82, 2.24) is 38.2 Å². The molecule has 9 rings (SSSR count). The SMILES string of the molecule is CS(=O)(=O)CCCn1c(CN2C(=O)C(=NOCCF)c3ccncc32)nc2ccccc21.O=c1n(Cc2nc3ccccc3n2CCCO)c2cnccc2n1C1CC1. The van der Waals surface area contributed by atoms with E-state index in [1.807, 2.05) is 63.7 Å². The van der Waals surface area contributed by atoms with Gasteiger partial charge in [-0.05, 0) is 62.1 Å². The fourth-order valence-electron chi connectivity index (χ4n) is 7.50. The van der Waals surface area contributed by atoms with Gasteiger partial charge in [-0.2, -0.15) is 0 Å². The Balaban J connectivity index is 0.000000166. The number of hydrogen-bond donors (Lipinski definition) is 1. The Kier molecular flexibility index (Phi) is 11.3. The highest BCUT2D eigenvalue weighted by Gasteiger charge is 2.36. The average Bonchev–Trinajstić information content (AvgIpc) is 3.74. The van der Waals surface area contributed by atoms with E-state index in [-0.39, 0.29) is 36.9 Å². The lowest BCUT2D eigenvalue weighted by molar-refractivity contribution is -0.112. The minimum atomic E-state index is -3.10. The first kappa shape index (κ1) is 39.6. The number of carbonyl (C=O) groups excluding carboxylic acids is 1. The molecule has 0 unspecified atom stereocenters. The van der Waals surface area contributed by atoms with Crippen molar-refractivity contribution in [2.24, 2.45) is 5.16 Å². The molecule has 2 aromatic carbocycles. The maximum Gasteiger partial charge on any atom is 0.329 e. The highest BCUT2D eigenvalue weighted by atomic mass is 32.2. The number of rotatable bonds is 15. The average molecular weight is 823 g/mol. The second kappa shape index (κ2) is 16.9. The highest BCUT2D eigenvalue weighted by molar-refractivity contribution is 7.90. The van der Waals surface area contributed by atoms with Crippen LogP contribution in [0.4, 0.5) is 10.1 Å². The fraction of sp³-hybridized carbons (Fsp3) is 0.341. The third-order valence-corrected chi connectivity index (χ3v) is 11.3. The molecule has 6 heterocycles. The normalized spacial score (nSPS) is 14.7. The predicted octanol–water partition coefficient (Wildman–Crippen LogP) is 4.42. The van der Waals surface area contributed by atoms with Gasteiger partial charge in [-0.15, -0.1) is 0 Å². The number of halogens is 1. The first-order chi connectivity index (χ1) is 28.7. The zero-order valence-electron chi connectivity index (χ0n) is 32.4. The van der Waals surface area contributed by atoms with Crippen molar-refractivity contribution in [3.05, 3.63) is 113 Å². The molecule has 1 aliphatic carbocycles. The summed E-state index contributed by atoms with van der Waals surface area (Å²) in [5.74, 6) is 1.08. The van der Waals surface area contributed by atoms with Crippen molar-refractivity contribution >= 4 is 60.2 Å². The molecule has 1 N–H and O–H groups in total. The van der Waals surface area contributed by atoms with Gasteiger partial charge in [0, 0.05) is 50.0 Å². The van der Waals surface area contributed by atoms with Crippen LogP contribution in [0.3, 0.4) is 0 Å². The molecule has 7 aromatic rings. The number of oxime groups is 1. The van der Waals surface area contributed by atoms with Gasteiger partial charge in [0.2, 0.25) is 0 Å². The van der Waals surface area contributed by atoms with Gasteiger partial charge in [0.05, 0.1) is 70.0 Å². The lowest BCUT2D eigenvalue weighted by Gasteiger charge is -2.17. The zero-order valence-corrected chi connectivity index (χ0v) is 33.2. The lowest BCUT2D eigenvalue weighted by atomic mass is 10.2. The van der Waals surface area contributed by atoms with Crippen LogP contribution < -0.4 is 10.6 Å². The number of fused-ring (bicyclic) bond motifs is 4. The minimum Gasteiger partial charge on any atom is -0.396 e. The first-order valence-electron chi connectivity index (χ1n) is 19.4. The standard InChI is InChI=1S/C21H22FN5O4S.C20H21N5O2/c1-32(29,30)12-4-10-26-17-6-3-2-5-16(17)24-19(26)14-27-18-13-23-9-7-15(18)20(21(27)28)25-31-11-8-22;26-11-3-10-23-16-5-2-1-4-15(16)22-19(23)13-24-18-12-21-9-8-17(18)25(20(24)27)14-6-7-14/h2-3,5-7,9,13H,4,8,10-12,14H2,1H3;1-2,4-5,8-9,12,14,26H,3,6-7,10-11,13H2. The summed E-state index contributed by atoms with van der Waals surface area (Å²) in [6.45, 7) is 0.791. The molecule has 1 aliphatic heterocycles. The molecule has 59 heavy (non-hydrogen) atoms. The third kappa shape index (κ3) is 8.22. The molecule has 1 saturated carbocycles. The number of para-hydroxylation sites is 4. The van der Waals surface area contributed by atoms with E-state index < -0.39 is 22.4 Å². The number of aliphatic hydroxyl groups excluding tert-OH is 1. The van der Waals surface area contributed by atoms with Crippen LogP contribution in [-0.2, 0) is 45.6 Å². The number of anilines is 1. The van der Waals surface area contributed by atoms with E-state index in [0.717, 1.165) is 51.8 Å². The van der Waals surface area contributed by atoms with Gasteiger partial charge in [-0.3, -0.25) is 28.8 Å². The van der Waals surface area contributed by atoms with Gasteiger partial charge >= 0.3 is 5.69 Å². The second-order valence-electron chi connectivity index (χ2n) is 14.5. The maximum atomic E-state index is 13.1. The number of benzene rings is 2. The Morgan fingerprint density at radius 1 is 0.814 bits per heavy atom. The number of pyridine rings is 2. The molecular weight excluding hydrogens is 780 g/mol. The summed E-state index contributed by atoms with van der Waals surface area (Å²) in [4.78, 5) is 50.4. The van der Waals surface area contributed by atoms with Crippen LogP contribution in [0.1, 0.15) is 48.9 Å². The van der Waals surface area contributed by atoms with Crippen molar-refractivity contribution in [3.8, 4) is 0 Å².